The summed E-state index contributed by atoms with van der Waals surface area (Å²) < 4.78 is 17.1. The van der Waals surface area contributed by atoms with Crippen LogP contribution in [0.3, 0.4) is 0 Å². The molecule has 1 amide bonds. The van der Waals surface area contributed by atoms with Crippen LogP contribution in [0.15, 0.2) is 36.8 Å². The van der Waals surface area contributed by atoms with Crippen LogP contribution in [0.2, 0.25) is 0 Å². The van der Waals surface area contributed by atoms with E-state index in [1.165, 1.54) is 0 Å². The third-order valence-electron chi connectivity index (χ3n) is 5.42. The second-order valence-corrected chi connectivity index (χ2v) is 7.18. The number of hydrogen-bond acceptors (Lipinski definition) is 7. The first kappa shape index (κ1) is 18.6. The van der Waals surface area contributed by atoms with Crippen molar-refractivity contribution in [1.82, 2.24) is 19.9 Å². The van der Waals surface area contributed by atoms with Crippen LogP contribution in [0.25, 0.3) is 0 Å². The molecule has 2 aromatic rings. The van der Waals surface area contributed by atoms with Gasteiger partial charge in [0.25, 0.3) is 5.91 Å². The van der Waals surface area contributed by atoms with E-state index in [1.807, 2.05) is 4.90 Å². The molecule has 2 saturated heterocycles. The molecule has 1 spiro atoms. The Morgan fingerprint density at radius 2 is 2.00 bits per heavy atom. The second-order valence-electron chi connectivity index (χ2n) is 7.18. The fourth-order valence-corrected chi connectivity index (χ4v) is 3.85. The van der Waals surface area contributed by atoms with Crippen LogP contribution in [0.1, 0.15) is 36.0 Å². The summed E-state index contributed by atoms with van der Waals surface area (Å²) in [5.74, 6) is 0.490. The van der Waals surface area contributed by atoms with Crippen molar-refractivity contribution in [1.29, 1.82) is 0 Å². The molecule has 0 saturated carbocycles. The van der Waals surface area contributed by atoms with Crippen molar-refractivity contribution >= 4 is 5.91 Å². The molecule has 0 bridgehead atoms. The molecule has 28 heavy (non-hydrogen) atoms. The molecule has 1 atom stereocenters. The quantitative estimate of drug-likeness (QED) is 0.798. The molecule has 2 aromatic heterocycles. The van der Waals surface area contributed by atoms with Crippen molar-refractivity contribution in [3.05, 3.63) is 42.4 Å². The summed E-state index contributed by atoms with van der Waals surface area (Å²) in [7, 11) is 1.55. The van der Waals surface area contributed by atoms with Gasteiger partial charge in [0.05, 0.1) is 24.9 Å². The van der Waals surface area contributed by atoms with Crippen LogP contribution in [0.4, 0.5) is 0 Å². The number of carbonyl (C=O) groups excluding carboxylic acids is 1. The molecule has 4 heterocycles. The zero-order valence-electron chi connectivity index (χ0n) is 15.9. The van der Waals surface area contributed by atoms with E-state index in [1.54, 1.807) is 43.9 Å². The Hall–Kier alpha value is -2.74. The molecule has 0 aliphatic carbocycles. The summed E-state index contributed by atoms with van der Waals surface area (Å²) in [5.41, 5.74) is 0.329. The second kappa shape index (κ2) is 8.10. The number of piperidine rings is 1. The van der Waals surface area contributed by atoms with Gasteiger partial charge in [-0.3, -0.25) is 4.79 Å². The molecule has 0 N–H and O–H groups in total. The molecule has 8 heteroatoms. The number of likely N-dealkylation sites (tertiary alicyclic amines) is 1. The Balaban J connectivity index is 1.35. The molecule has 8 nitrogen and oxygen atoms in total. The minimum atomic E-state index is -0.243. The number of ether oxygens (including phenoxy) is 3. The van der Waals surface area contributed by atoms with Crippen LogP contribution >= 0.6 is 0 Å². The zero-order chi connectivity index (χ0) is 19.4. The van der Waals surface area contributed by atoms with Gasteiger partial charge in [0.2, 0.25) is 5.88 Å². The van der Waals surface area contributed by atoms with Gasteiger partial charge in [-0.2, -0.15) is 0 Å². The van der Waals surface area contributed by atoms with Gasteiger partial charge in [0.1, 0.15) is 6.10 Å². The Morgan fingerprint density at radius 1 is 1.21 bits per heavy atom. The van der Waals surface area contributed by atoms with Gasteiger partial charge in [-0.1, -0.05) is 0 Å². The summed E-state index contributed by atoms with van der Waals surface area (Å²) in [5, 5.41) is 0. The standard InChI is InChI=1S/C20H24N4O4/c1-26-17-4-3-15(14-23-17)18(25)24-10-6-20(7-11-24)13-16(5-12-27-20)28-19-21-8-2-9-22-19/h2-4,8-9,14,16H,5-7,10-13H2,1H3. The van der Waals surface area contributed by atoms with E-state index in [9.17, 15) is 4.79 Å². The third-order valence-corrected chi connectivity index (χ3v) is 5.42. The zero-order valence-corrected chi connectivity index (χ0v) is 15.9. The maximum Gasteiger partial charge on any atom is 0.316 e. The van der Waals surface area contributed by atoms with E-state index in [0.29, 0.717) is 37.2 Å². The molecular formula is C20H24N4O4. The Labute approximate surface area is 163 Å². The highest BCUT2D eigenvalue weighted by Crippen LogP contribution is 2.36. The number of methoxy groups -OCH3 is 1. The molecule has 0 aromatic carbocycles. The monoisotopic (exact) mass is 384 g/mol. The van der Waals surface area contributed by atoms with Crippen molar-refractivity contribution in [2.75, 3.05) is 26.8 Å². The first-order valence-corrected chi connectivity index (χ1v) is 9.54. The number of hydrogen-bond donors (Lipinski definition) is 0. The van der Waals surface area contributed by atoms with Gasteiger partial charge in [0.15, 0.2) is 0 Å². The number of carbonyl (C=O) groups is 1. The molecule has 0 radical (unpaired) electrons. The topological polar surface area (TPSA) is 86.7 Å². The molecule has 148 valence electrons. The van der Waals surface area contributed by atoms with Gasteiger partial charge in [-0.15, -0.1) is 0 Å². The molecule has 2 aliphatic heterocycles. The van der Waals surface area contributed by atoms with Crippen molar-refractivity contribution < 1.29 is 19.0 Å². The fourth-order valence-electron chi connectivity index (χ4n) is 3.85. The van der Waals surface area contributed by atoms with Crippen molar-refractivity contribution in [3.8, 4) is 11.9 Å². The first-order chi connectivity index (χ1) is 13.7. The van der Waals surface area contributed by atoms with Crippen LogP contribution in [-0.2, 0) is 4.74 Å². The summed E-state index contributed by atoms with van der Waals surface area (Å²) in [6.07, 6.45) is 8.13. The van der Waals surface area contributed by atoms with Crippen LogP contribution in [0.5, 0.6) is 11.9 Å². The van der Waals surface area contributed by atoms with Gasteiger partial charge < -0.3 is 19.1 Å². The van der Waals surface area contributed by atoms with Crippen molar-refractivity contribution in [2.45, 2.75) is 37.4 Å². The minimum absolute atomic E-state index is 0.00806. The highest BCUT2D eigenvalue weighted by molar-refractivity contribution is 5.94. The lowest BCUT2D eigenvalue weighted by Crippen LogP contribution is -2.52. The van der Waals surface area contributed by atoms with E-state index in [0.717, 1.165) is 25.7 Å². The van der Waals surface area contributed by atoms with Crippen molar-refractivity contribution in [2.24, 2.45) is 0 Å². The maximum atomic E-state index is 12.7. The highest BCUT2D eigenvalue weighted by Gasteiger charge is 2.42. The third kappa shape index (κ3) is 4.06. The van der Waals surface area contributed by atoms with Gasteiger partial charge in [-0.05, 0) is 25.0 Å². The number of aromatic nitrogens is 3. The summed E-state index contributed by atoms with van der Waals surface area (Å²) in [6.45, 7) is 1.95. The fraction of sp³-hybridized carbons (Fsp3) is 0.500. The van der Waals surface area contributed by atoms with E-state index in [4.69, 9.17) is 14.2 Å². The number of rotatable bonds is 4. The van der Waals surface area contributed by atoms with Gasteiger partial charge in [0, 0.05) is 50.6 Å². The van der Waals surface area contributed by atoms with Crippen LogP contribution < -0.4 is 9.47 Å². The van der Waals surface area contributed by atoms with E-state index >= 15 is 0 Å². The average molecular weight is 384 g/mol. The molecule has 2 fully saturated rings. The lowest BCUT2D eigenvalue weighted by Gasteiger charge is -2.45. The molecule has 2 aliphatic rings. The number of pyridine rings is 1. The largest absolute Gasteiger partial charge is 0.481 e. The summed E-state index contributed by atoms with van der Waals surface area (Å²) in [4.78, 5) is 27.0. The predicted octanol–water partition coefficient (Wildman–Crippen LogP) is 2.11. The van der Waals surface area contributed by atoms with E-state index < -0.39 is 0 Å². The molecule has 1 unspecified atom stereocenters. The van der Waals surface area contributed by atoms with E-state index in [2.05, 4.69) is 15.0 Å². The lowest BCUT2D eigenvalue weighted by atomic mass is 9.83. The number of amides is 1. The van der Waals surface area contributed by atoms with E-state index in [-0.39, 0.29) is 17.6 Å². The predicted molar refractivity (Wildman–Crippen MR) is 100 cm³/mol. The van der Waals surface area contributed by atoms with Crippen LogP contribution in [-0.4, -0.2) is 64.3 Å². The highest BCUT2D eigenvalue weighted by atomic mass is 16.5. The van der Waals surface area contributed by atoms with Crippen LogP contribution in [0, 0.1) is 0 Å². The lowest BCUT2D eigenvalue weighted by molar-refractivity contribution is -0.136. The van der Waals surface area contributed by atoms with Crippen molar-refractivity contribution in [3.63, 3.8) is 0 Å². The Bertz CT molecular complexity index is 792. The maximum absolute atomic E-state index is 12.7. The molecule has 4 rings (SSSR count). The SMILES string of the molecule is COc1ccc(C(=O)N2CCC3(CC2)CC(Oc2ncccn2)CCO3)cn1. The van der Waals surface area contributed by atoms with Gasteiger partial charge >= 0.3 is 6.01 Å². The summed E-state index contributed by atoms with van der Waals surface area (Å²) >= 11 is 0. The molecular weight excluding hydrogens is 360 g/mol. The Kier molecular flexibility index (Phi) is 5.38. The smallest absolute Gasteiger partial charge is 0.316 e. The first-order valence-electron chi connectivity index (χ1n) is 9.54. The van der Waals surface area contributed by atoms with Gasteiger partial charge in [-0.25, -0.2) is 15.0 Å². The number of nitrogens with zero attached hydrogens (tertiary/aromatic N) is 4. The minimum Gasteiger partial charge on any atom is -0.481 e. The normalized spacial score (nSPS) is 21.3. The summed E-state index contributed by atoms with van der Waals surface area (Å²) in [6, 6.07) is 5.63. The average Bonchev–Trinajstić information content (AvgIpc) is 2.75. The Morgan fingerprint density at radius 3 is 2.68 bits per heavy atom.